The van der Waals surface area contributed by atoms with Crippen molar-refractivity contribution in [3.8, 4) is 5.88 Å². The summed E-state index contributed by atoms with van der Waals surface area (Å²) in [5, 5.41) is 2.80. The summed E-state index contributed by atoms with van der Waals surface area (Å²) in [5.74, 6) is 0.162. The molecule has 0 amide bonds. The topological polar surface area (TPSA) is 77.5 Å². The van der Waals surface area contributed by atoms with Gasteiger partial charge in [-0.25, -0.2) is 0 Å². The van der Waals surface area contributed by atoms with Crippen LogP contribution in [0.4, 0.5) is 5.82 Å². The van der Waals surface area contributed by atoms with E-state index in [1.807, 2.05) is 0 Å². The van der Waals surface area contributed by atoms with Crippen molar-refractivity contribution in [1.29, 1.82) is 0 Å². The number of methoxy groups -OCH3 is 2. The summed E-state index contributed by atoms with van der Waals surface area (Å²) in [7, 11) is 2.75. The highest BCUT2D eigenvalue weighted by atomic mass is 16.5. The van der Waals surface area contributed by atoms with E-state index in [0.29, 0.717) is 11.7 Å². The molecule has 0 saturated carbocycles. The van der Waals surface area contributed by atoms with Crippen LogP contribution in [0.2, 0.25) is 0 Å². The lowest BCUT2D eigenvalue weighted by atomic mass is 10.3. The first-order valence-electron chi connectivity index (χ1n) is 4.99. The van der Waals surface area contributed by atoms with Gasteiger partial charge in [-0.3, -0.25) is 9.59 Å². The van der Waals surface area contributed by atoms with E-state index < -0.39 is 5.97 Å². The number of ketones is 1. The maximum Gasteiger partial charge on any atom is 0.313 e. The number of hydrogen-bond donors (Lipinski definition) is 1. The number of rotatable bonds is 6. The van der Waals surface area contributed by atoms with Crippen molar-refractivity contribution in [2.24, 2.45) is 0 Å². The zero-order valence-corrected chi connectivity index (χ0v) is 9.73. The summed E-state index contributed by atoms with van der Waals surface area (Å²) >= 11 is 0. The fourth-order valence-corrected chi connectivity index (χ4v) is 1.11. The number of ether oxygens (including phenoxy) is 2. The molecule has 1 aromatic heterocycles. The minimum atomic E-state index is -0.546. The molecule has 1 N–H and O–H groups in total. The third kappa shape index (κ3) is 4.50. The van der Waals surface area contributed by atoms with Crippen molar-refractivity contribution in [3.63, 3.8) is 0 Å². The van der Waals surface area contributed by atoms with Gasteiger partial charge < -0.3 is 14.8 Å². The van der Waals surface area contributed by atoms with Crippen LogP contribution in [0.15, 0.2) is 18.2 Å². The molecule has 0 unspecified atom stereocenters. The highest BCUT2D eigenvalue weighted by molar-refractivity contribution is 5.97. The van der Waals surface area contributed by atoms with Gasteiger partial charge in [-0.05, 0) is 6.07 Å². The molecule has 0 saturated heterocycles. The van der Waals surface area contributed by atoms with Crippen molar-refractivity contribution in [3.05, 3.63) is 18.2 Å². The summed E-state index contributed by atoms with van der Waals surface area (Å²) in [6.07, 6.45) is -0.243. The lowest BCUT2D eigenvalue weighted by molar-refractivity contribution is -0.143. The zero-order valence-electron chi connectivity index (χ0n) is 9.73. The van der Waals surface area contributed by atoms with Crippen LogP contribution in [0.1, 0.15) is 6.42 Å². The largest absolute Gasteiger partial charge is 0.481 e. The average molecular weight is 238 g/mol. The highest BCUT2D eigenvalue weighted by Gasteiger charge is 2.09. The Hall–Kier alpha value is -2.11. The molecule has 6 nitrogen and oxygen atoms in total. The van der Waals surface area contributed by atoms with E-state index in [1.54, 1.807) is 18.2 Å². The fourth-order valence-electron chi connectivity index (χ4n) is 1.11. The third-order valence-corrected chi connectivity index (χ3v) is 1.97. The SMILES string of the molecule is COC(=O)CC(=O)CNc1cccc(OC)n1. The Morgan fingerprint density at radius 1 is 1.35 bits per heavy atom. The molecule has 0 aliphatic heterocycles. The summed E-state index contributed by atoms with van der Waals surface area (Å²) in [5.41, 5.74) is 0. The van der Waals surface area contributed by atoms with Crippen LogP contribution in [0.5, 0.6) is 5.88 Å². The zero-order chi connectivity index (χ0) is 12.7. The molecule has 0 spiro atoms. The van der Waals surface area contributed by atoms with Crippen LogP contribution in [0, 0.1) is 0 Å². The molecular weight excluding hydrogens is 224 g/mol. The van der Waals surface area contributed by atoms with Crippen LogP contribution in [-0.4, -0.2) is 37.5 Å². The Kier molecular flexibility index (Phi) is 4.93. The maximum absolute atomic E-state index is 11.3. The number of carbonyl (C=O) groups is 2. The number of pyridine rings is 1. The first-order valence-corrected chi connectivity index (χ1v) is 4.99. The second-order valence-corrected chi connectivity index (χ2v) is 3.21. The minimum Gasteiger partial charge on any atom is -0.481 e. The van der Waals surface area contributed by atoms with Crippen LogP contribution in [-0.2, 0) is 14.3 Å². The van der Waals surface area contributed by atoms with Gasteiger partial charge in [0, 0.05) is 6.07 Å². The predicted molar refractivity (Wildman–Crippen MR) is 60.9 cm³/mol. The van der Waals surface area contributed by atoms with Crippen molar-refractivity contribution >= 4 is 17.6 Å². The molecule has 1 rings (SSSR count). The van der Waals surface area contributed by atoms with Crippen LogP contribution < -0.4 is 10.1 Å². The molecule has 1 aromatic rings. The van der Waals surface area contributed by atoms with Gasteiger partial charge in [0.1, 0.15) is 12.2 Å². The van der Waals surface area contributed by atoms with Crippen molar-refractivity contribution in [2.45, 2.75) is 6.42 Å². The molecule has 0 atom stereocenters. The number of hydrogen-bond acceptors (Lipinski definition) is 6. The molecule has 0 bridgehead atoms. The van der Waals surface area contributed by atoms with Gasteiger partial charge in [0.15, 0.2) is 5.78 Å². The minimum absolute atomic E-state index is 0.0231. The van der Waals surface area contributed by atoms with Gasteiger partial charge in [-0.2, -0.15) is 4.98 Å². The molecule has 6 heteroatoms. The lowest BCUT2D eigenvalue weighted by Crippen LogP contribution is -2.18. The Balaban J connectivity index is 2.44. The molecule has 92 valence electrons. The maximum atomic E-state index is 11.3. The fraction of sp³-hybridized carbons (Fsp3) is 0.364. The van der Waals surface area contributed by atoms with Crippen LogP contribution in [0.3, 0.4) is 0 Å². The van der Waals surface area contributed by atoms with E-state index >= 15 is 0 Å². The first-order chi connectivity index (χ1) is 8.15. The van der Waals surface area contributed by atoms with Gasteiger partial charge in [0.2, 0.25) is 5.88 Å². The van der Waals surface area contributed by atoms with E-state index in [0.717, 1.165) is 0 Å². The average Bonchev–Trinajstić information content (AvgIpc) is 2.36. The number of esters is 1. The normalized spacial score (nSPS) is 9.53. The summed E-state index contributed by atoms with van der Waals surface area (Å²) in [6, 6.07) is 5.15. The molecule has 0 aliphatic rings. The third-order valence-electron chi connectivity index (χ3n) is 1.97. The van der Waals surface area contributed by atoms with Crippen LogP contribution in [0.25, 0.3) is 0 Å². The van der Waals surface area contributed by atoms with Crippen molar-refractivity contribution in [2.75, 3.05) is 26.1 Å². The second-order valence-electron chi connectivity index (χ2n) is 3.21. The Morgan fingerprint density at radius 3 is 2.76 bits per heavy atom. The highest BCUT2D eigenvalue weighted by Crippen LogP contribution is 2.10. The Morgan fingerprint density at radius 2 is 2.12 bits per heavy atom. The van der Waals surface area contributed by atoms with Gasteiger partial charge in [-0.1, -0.05) is 6.07 Å². The lowest BCUT2D eigenvalue weighted by Gasteiger charge is -2.05. The predicted octanol–water partition coefficient (Wildman–Crippen LogP) is 0.634. The monoisotopic (exact) mass is 238 g/mol. The van der Waals surface area contributed by atoms with E-state index in [-0.39, 0.29) is 18.7 Å². The molecule has 1 heterocycles. The Bertz CT molecular complexity index is 406. The number of anilines is 1. The number of nitrogens with zero attached hydrogens (tertiary/aromatic N) is 1. The summed E-state index contributed by atoms with van der Waals surface area (Å²) < 4.78 is 9.32. The van der Waals surface area contributed by atoms with Gasteiger partial charge in [0.25, 0.3) is 0 Å². The van der Waals surface area contributed by atoms with E-state index in [4.69, 9.17) is 4.74 Å². The molecule has 0 aromatic carbocycles. The number of nitrogens with one attached hydrogen (secondary N) is 1. The summed E-state index contributed by atoms with van der Waals surface area (Å²) in [4.78, 5) is 26.2. The van der Waals surface area contributed by atoms with Gasteiger partial charge in [-0.15, -0.1) is 0 Å². The van der Waals surface area contributed by atoms with E-state index in [1.165, 1.54) is 14.2 Å². The molecule has 17 heavy (non-hydrogen) atoms. The van der Waals surface area contributed by atoms with Gasteiger partial charge in [0.05, 0.1) is 20.8 Å². The number of aromatic nitrogens is 1. The standard InChI is InChI=1S/C11H14N2O4/c1-16-10-5-3-4-9(13-10)12-7-8(14)6-11(15)17-2/h3-5H,6-7H2,1-2H3,(H,12,13). The summed E-state index contributed by atoms with van der Waals surface area (Å²) in [6.45, 7) is 0.0231. The van der Waals surface area contributed by atoms with Crippen LogP contribution >= 0.6 is 0 Å². The Labute approximate surface area is 98.9 Å². The van der Waals surface area contributed by atoms with Crippen molar-refractivity contribution < 1.29 is 19.1 Å². The molecular formula is C11H14N2O4. The molecule has 0 radical (unpaired) electrons. The number of Topliss-reactive ketones (excluding diaryl/α,β-unsaturated/α-hetero) is 1. The van der Waals surface area contributed by atoms with E-state index in [2.05, 4.69) is 15.0 Å². The van der Waals surface area contributed by atoms with Crippen molar-refractivity contribution in [1.82, 2.24) is 4.98 Å². The smallest absolute Gasteiger partial charge is 0.313 e. The second kappa shape index (κ2) is 6.47. The number of carbonyl (C=O) groups excluding carboxylic acids is 2. The molecule has 0 aliphatic carbocycles. The quantitative estimate of drug-likeness (QED) is 0.578. The first kappa shape index (κ1) is 13.0. The van der Waals surface area contributed by atoms with E-state index in [9.17, 15) is 9.59 Å². The van der Waals surface area contributed by atoms with Gasteiger partial charge >= 0.3 is 5.97 Å². The molecule has 0 fully saturated rings.